The fourth-order valence-corrected chi connectivity index (χ4v) is 12.9. The van der Waals surface area contributed by atoms with Gasteiger partial charge in [-0.05, 0) is 47.3 Å². The third-order valence-corrected chi connectivity index (χ3v) is 15.8. The zero-order chi connectivity index (χ0) is 30.0. The zero-order valence-electron chi connectivity index (χ0n) is 25.1. The third kappa shape index (κ3) is 5.74. The highest BCUT2D eigenvalue weighted by molar-refractivity contribution is 7.04. The Balaban J connectivity index is 1.62. The number of anilines is 1. The Morgan fingerprint density at radius 2 is 1.40 bits per heavy atom. The Morgan fingerprint density at radius 1 is 0.791 bits per heavy atom. The Labute approximate surface area is 266 Å². The van der Waals surface area contributed by atoms with Gasteiger partial charge in [-0.15, -0.1) is 0 Å². The lowest BCUT2D eigenvalue weighted by Gasteiger charge is -2.45. The van der Waals surface area contributed by atoms with Gasteiger partial charge < -0.3 is 9.64 Å². The first-order valence-electron chi connectivity index (χ1n) is 15.1. The van der Waals surface area contributed by atoms with Gasteiger partial charge in [0.2, 0.25) is 0 Å². The number of morpholine rings is 1. The SMILES string of the molecule is CC(C)(C)[Si](CCc1c(N2CCOCC2)nc2ccc(Cl)cc2c1-c1ccccc1Cl)(c1ccccc1)c1ccccc1. The molecule has 0 N–H and O–H groups in total. The number of halogens is 2. The molecule has 0 aliphatic carbocycles. The van der Waals surface area contributed by atoms with Crippen LogP contribution < -0.4 is 15.3 Å². The number of aromatic nitrogens is 1. The molecular weight excluding hydrogens is 587 g/mol. The topological polar surface area (TPSA) is 25.4 Å². The normalized spacial score (nSPS) is 14.3. The molecule has 6 rings (SSSR count). The Kier molecular flexibility index (Phi) is 8.66. The van der Waals surface area contributed by atoms with Gasteiger partial charge in [0.05, 0.1) is 18.7 Å². The van der Waals surface area contributed by atoms with Crippen molar-refractivity contribution in [3.05, 3.63) is 119 Å². The first-order valence-corrected chi connectivity index (χ1v) is 18.1. The number of rotatable bonds is 7. The molecule has 1 fully saturated rings. The van der Waals surface area contributed by atoms with E-state index in [0.717, 1.165) is 58.4 Å². The highest BCUT2D eigenvalue weighted by Gasteiger charge is 2.47. The predicted octanol–water partition coefficient (Wildman–Crippen LogP) is 8.65. The molecule has 1 saturated heterocycles. The molecule has 2 heterocycles. The minimum atomic E-state index is -2.35. The minimum absolute atomic E-state index is 0.0486. The van der Waals surface area contributed by atoms with Crippen molar-refractivity contribution in [3.63, 3.8) is 0 Å². The summed E-state index contributed by atoms with van der Waals surface area (Å²) in [7, 11) is -2.35. The number of fused-ring (bicyclic) bond motifs is 1. The summed E-state index contributed by atoms with van der Waals surface area (Å²) in [6, 6.07) is 37.6. The molecule has 0 radical (unpaired) electrons. The summed E-state index contributed by atoms with van der Waals surface area (Å²) in [5.41, 5.74) is 4.32. The largest absolute Gasteiger partial charge is 0.378 e. The summed E-state index contributed by atoms with van der Waals surface area (Å²) < 4.78 is 5.77. The van der Waals surface area contributed by atoms with Crippen molar-refractivity contribution in [2.24, 2.45) is 0 Å². The molecule has 1 aliphatic rings. The van der Waals surface area contributed by atoms with Crippen LogP contribution >= 0.6 is 23.2 Å². The standard InChI is InChI=1S/C37H38Cl2N2OSi/c1-37(2,3)43(28-12-6-4-7-13-28,29-14-8-5-9-15-29)25-20-31-35(30-16-10-11-17-33(30)39)32-26-27(38)18-19-34(32)40-36(31)41-21-23-42-24-22-41/h4-19,26H,20-25H2,1-3H3. The van der Waals surface area contributed by atoms with Crippen molar-refractivity contribution in [1.82, 2.24) is 4.98 Å². The molecule has 0 unspecified atom stereocenters. The van der Waals surface area contributed by atoms with Crippen molar-refractivity contribution in [1.29, 1.82) is 0 Å². The zero-order valence-corrected chi connectivity index (χ0v) is 27.6. The van der Waals surface area contributed by atoms with Crippen LogP contribution in [0.25, 0.3) is 22.0 Å². The smallest absolute Gasteiger partial charge is 0.133 e. The molecule has 1 aliphatic heterocycles. The molecule has 5 aromatic rings. The lowest BCUT2D eigenvalue weighted by Crippen LogP contribution is -2.64. The van der Waals surface area contributed by atoms with E-state index in [1.165, 1.54) is 15.9 Å². The Hall–Kier alpha value is -3.15. The molecule has 220 valence electrons. The van der Waals surface area contributed by atoms with Crippen LogP contribution in [-0.2, 0) is 11.2 Å². The number of nitrogens with zero attached hydrogens (tertiary/aromatic N) is 2. The van der Waals surface area contributed by atoms with Gasteiger partial charge >= 0.3 is 0 Å². The van der Waals surface area contributed by atoms with Crippen LogP contribution in [0.1, 0.15) is 26.3 Å². The molecule has 0 saturated carbocycles. The Morgan fingerprint density at radius 3 is 2.00 bits per heavy atom. The molecule has 3 nitrogen and oxygen atoms in total. The van der Waals surface area contributed by atoms with E-state index in [2.05, 4.69) is 105 Å². The molecule has 0 spiro atoms. The summed E-state index contributed by atoms with van der Waals surface area (Å²) in [5, 5.41) is 5.42. The monoisotopic (exact) mass is 624 g/mol. The summed E-state index contributed by atoms with van der Waals surface area (Å²) in [6.07, 6.45) is 0.857. The van der Waals surface area contributed by atoms with Gasteiger partial charge in [-0.1, -0.05) is 133 Å². The predicted molar refractivity (Wildman–Crippen MR) is 186 cm³/mol. The van der Waals surface area contributed by atoms with E-state index < -0.39 is 8.07 Å². The fraction of sp³-hybridized carbons (Fsp3) is 0.270. The van der Waals surface area contributed by atoms with Gasteiger partial charge in [-0.2, -0.15) is 0 Å². The van der Waals surface area contributed by atoms with Gasteiger partial charge in [0.1, 0.15) is 13.9 Å². The van der Waals surface area contributed by atoms with E-state index in [0.29, 0.717) is 18.2 Å². The van der Waals surface area contributed by atoms with Gasteiger partial charge in [-0.3, -0.25) is 0 Å². The highest BCUT2D eigenvalue weighted by atomic mass is 35.5. The summed E-state index contributed by atoms with van der Waals surface area (Å²) in [5.74, 6) is 1.03. The van der Waals surface area contributed by atoms with Gasteiger partial charge in [0.15, 0.2) is 0 Å². The summed E-state index contributed by atoms with van der Waals surface area (Å²) >= 11 is 13.6. The molecule has 43 heavy (non-hydrogen) atoms. The second-order valence-corrected chi connectivity index (χ2v) is 18.2. The van der Waals surface area contributed by atoms with Crippen LogP contribution in [-0.4, -0.2) is 39.4 Å². The molecule has 0 atom stereocenters. The van der Waals surface area contributed by atoms with Crippen molar-refractivity contribution in [2.75, 3.05) is 31.2 Å². The van der Waals surface area contributed by atoms with Crippen LogP contribution in [0.15, 0.2) is 103 Å². The van der Waals surface area contributed by atoms with Crippen LogP contribution in [0.3, 0.4) is 0 Å². The number of hydrogen-bond acceptors (Lipinski definition) is 3. The third-order valence-electron chi connectivity index (χ3n) is 9.04. The van der Waals surface area contributed by atoms with Crippen molar-refractivity contribution < 1.29 is 4.74 Å². The van der Waals surface area contributed by atoms with Gasteiger partial charge in [-0.25, -0.2) is 4.98 Å². The van der Waals surface area contributed by atoms with Gasteiger partial charge in [0, 0.05) is 39.6 Å². The quantitative estimate of drug-likeness (QED) is 0.169. The van der Waals surface area contributed by atoms with E-state index in [1.807, 2.05) is 24.3 Å². The summed E-state index contributed by atoms with van der Waals surface area (Å²) in [4.78, 5) is 7.75. The van der Waals surface area contributed by atoms with E-state index in [-0.39, 0.29) is 5.04 Å². The number of pyridine rings is 1. The fourth-order valence-electron chi connectivity index (χ4n) is 6.96. The van der Waals surface area contributed by atoms with Crippen LogP contribution in [0.2, 0.25) is 21.1 Å². The second kappa shape index (κ2) is 12.5. The molecule has 6 heteroatoms. The maximum absolute atomic E-state index is 6.99. The molecule has 1 aromatic heterocycles. The number of benzene rings is 4. The maximum Gasteiger partial charge on any atom is 0.133 e. The van der Waals surface area contributed by atoms with E-state index in [4.69, 9.17) is 32.9 Å². The lowest BCUT2D eigenvalue weighted by molar-refractivity contribution is 0.122. The maximum atomic E-state index is 6.99. The van der Waals surface area contributed by atoms with E-state index in [1.54, 1.807) is 0 Å². The van der Waals surface area contributed by atoms with Crippen LogP contribution in [0.5, 0.6) is 0 Å². The number of hydrogen-bond donors (Lipinski definition) is 0. The average Bonchev–Trinajstić information content (AvgIpc) is 3.02. The van der Waals surface area contributed by atoms with Crippen LogP contribution in [0.4, 0.5) is 5.82 Å². The van der Waals surface area contributed by atoms with Gasteiger partial charge in [0.25, 0.3) is 0 Å². The van der Waals surface area contributed by atoms with E-state index in [9.17, 15) is 0 Å². The second-order valence-electron chi connectivity index (χ2n) is 12.4. The van der Waals surface area contributed by atoms with Crippen molar-refractivity contribution >= 4 is 58.4 Å². The van der Waals surface area contributed by atoms with Crippen molar-refractivity contribution in [3.8, 4) is 11.1 Å². The molecule has 0 amide bonds. The lowest BCUT2D eigenvalue weighted by atomic mass is 9.93. The minimum Gasteiger partial charge on any atom is -0.378 e. The summed E-state index contributed by atoms with van der Waals surface area (Å²) in [6.45, 7) is 10.3. The molecule has 4 aromatic carbocycles. The van der Waals surface area contributed by atoms with Crippen molar-refractivity contribution in [2.45, 2.75) is 38.3 Å². The first-order chi connectivity index (χ1) is 20.8. The molecule has 0 bridgehead atoms. The van der Waals surface area contributed by atoms with E-state index >= 15 is 0 Å². The number of ether oxygens (including phenoxy) is 1. The Bertz CT molecular complexity index is 1670. The average molecular weight is 626 g/mol. The first kappa shape index (κ1) is 29.9. The van der Waals surface area contributed by atoms with Crippen LogP contribution in [0, 0.1) is 0 Å². The molecular formula is C37H38Cl2N2OSi. The highest BCUT2D eigenvalue weighted by Crippen LogP contribution is 2.44.